The van der Waals surface area contributed by atoms with E-state index in [0.717, 1.165) is 0 Å². The first-order valence-electron chi connectivity index (χ1n) is 8.63. The lowest BCUT2D eigenvalue weighted by Crippen LogP contribution is -2.51. The number of hydrogen-bond acceptors (Lipinski definition) is 6. The Labute approximate surface area is 170 Å². The predicted octanol–water partition coefficient (Wildman–Crippen LogP) is 2.87. The summed E-state index contributed by atoms with van der Waals surface area (Å²) in [4.78, 5) is 38.0. The molecule has 30 heavy (non-hydrogen) atoms. The van der Waals surface area contributed by atoms with Gasteiger partial charge >= 0.3 is 11.9 Å². The first-order valence-corrected chi connectivity index (χ1v) is 9.51. The molecule has 1 N–H and O–H groups in total. The van der Waals surface area contributed by atoms with E-state index < -0.39 is 42.8 Å². The molecular weight excluding hydrogens is 425 g/mol. The molecule has 3 heterocycles. The van der Waals surface area contributed by atoms with E-state index >= 15 is 0 Å². The van der Waals surface area contributed by atoms with Gasteiger partial charge in [0.25, 0.3) is 5.89 Å². The molecule has 0 radical (unpaired) electrons. The fraction of sp³-hybridized carbons (Fsp3) is 0.222. The highest BCUT2D eigenvalue weighted by Gasteiger charge is 2.49. The van der Waals surface area contributed by atoms with Crippen LogP contribution in [0.25, 0.3) is 10.8 Å². The number of rotatable bonds is 3. The highest BCUT2D eigenvalue weighted by Crippen LogP contribution is 2.37. The summed E-state index contributed by atoms with van der Waals surface area (Å²) in [6.45, 7) is -0.789. The molecule has 4 rings (SSSR count). The van der Waals surface area contributed by atoms with Crippen molar-refractivity contribution in [2.45, 2.75) is 25.2 Å². The van der Waals surface area contributed by atoms with Crippen LogP contribution >= 0.6 is 11.3 Å². The van der Waals surface area contributed by atoms with Gasteiger partial charge in [-0.25, -0.2) is 4.79 Å². The normalized spacial score (nSPS) is 16.7. The van der Waals surface area contributed by atoms with Crippen molar-refractivity contribution in [3.8, 4) is 10.8 Å². The average molecular weight is 438 g/mol. The zero-order valence-electron chi connectivity index (χ0n) is 15.0. The molecule has 12 heteroatoms. The third-order valence-corrected chi connectivity index (χ3v) is 5.26. The van der Waals surface area contributed by atoms with Gasteiger partial charge in [0.15, 0.2) is 0 Å². The second-order valence-corrected chi connectivity index (χ2v) is 7.35. The first kappa shape index (κ1) is 19.9. The van der Waals surface area contributed by atoms with Crippen molar-refractivity contribution >= 4 is 34.5 Å². The van der Waals surface area contributed by atoms with Crippen molar-refractivity contribution in [2.24, 2.45) is 0 Å². The van der Waals surface area contributed by atoms with Gasteiger partial charge in [-0.05, 0) is 23.6 Å². The summed E-state index contributed by atoms with van der Waals surface area (Å²) in [6.07, 6.45) is -5.85. The number of nitrogens with one attached hydrogen (secondary N) is 1. The number of carbonyl (C=O) groups excluding carboxylic acids is 2. The highest BCUT2D eigenvalue weighted by atomic mass is 32.1. The number of halogens is 3. The molecule has 1 aromatic carbocycles. The monoisotopic (exact) mass is 438 g/mol. The summed E-state index contributed by atoms with van der Waals surface area (Å²) in [5.74, 6) is -2.95. The van der Waals surface area contributed by atoms with E-state index in [1.54, 1.807) is 17.5 Å². The number of para-hydroxylation sites is 2. The summed E-state index contributed by atoms with van der Waals surface area (Å²) < 4.78 is 46.9. The molecule has 1 aliphatic rings. The number of aromatic nitrogens is 2. The molecule has 0 fully saturated rings. The zero-order chi connectivity index (χ0) is 21.5. The molecule has 0 spiro atoms. The summed E-state index contributed by atoms with van der Waals surface area (Å²) in [5, 5.41) is 8.01. The van der Waals surface area contributed by atoms with Gasteiger partial charge in [0.1, 0.15) is 12.6 Å². The van der Waals surface area contributed by atoms with E-state index in [9.17, 15) is 27.6 Å². The van der Waals surface area contributed by atoms with Crippen molar-refractivity contribution in [3.05, 3.63) is 52.3 Å². The Balaban J connectivity index is 1.72. The lowest BCUT2D eigenvalue weighted by Gasteiger charge is -2.31. The number of hydrogen-bond donors (Lipinski definition) is 1. The highest BCUT2D eigenvalue weighted by molar-refractivity contribution is 7.13. The summed E-state index contributed by atoms with van der Waals surface area (Å²) in [6, 6.07) is 6.60. The van der Waals surface area contributed by atoms with Crippen molar-refractivity contribution in [3.63, 3.8) is 0 Å². The van der Waals surface area contributed by atoms with Crippen LogP contribution in [0, 0.1) is 0 Å². The Morgan fingerprint density at radius 1 is 1.23 bits per heavy atom. The molecule has 156 valence electrons. The lowest BCUT2D eigenvalue weighted by molar-refractivity contribution is -0.158. The molecule has 0 bridgehead atoms. The van der Waals surface area contributed by atoms with E-state index in [1.165, 1.54) is 35.6 Å². The van der Waals surface area contributed by atoms with Crippen molar-refractivity contribution in [1.82, 2.24) is 9.78 Å². The van der Waals surface area contributed by atoms with Crippen LogP contribution in [-0.2, 0) is 16.1 Å². The van der Waals surface area contributed by atoms with Gasteiger partial charge in [0, 0.05) is 0 Å². The molecule has 1 atom stereocenters. The number of benzene rings is 1. The van der Waals surface area contributed by atoms with Gasteiger partial charge in [-0.3, -0.25) is 14.5 Å². The molecular formula is C18H13F3N4O4S. The molecule has 0 aliphatic carbocycles. The van der Waals surface area contributed by atoms with Crippen LogP contribution in [0.3, 0.4) is 0 Å². The molecule has 0 saturated carbocycles. The van der Waals surface area contributed by atoms with E-state index in [1.807, 2.05) is 0 Å². The van der Waals surface area contributed by atoms with E-state index in [-0.39, 0.29) is 17.3 Å². The molecule has 2 amide bonds. The minimum atomic E-state index is -4.87. The maximum atomic E-state index is 13.7. The van der Waals surface area contributed by atoms with Crippen LogP contribution < -0.4 is 16.0 Å². The van der Waals surface area contributed by atoms with Gasteiger partial charge in [0.05, 0.1) is 22.7 Å². The smallest absolute Gasteiger partial charge is 0.387 e. The van der Waals surface area contributed by atoms with Gasteiger partial charge in [-0.15, -0.1) is 16.4 Å². The molecule has 1 aliphatic heterocycles. The molecule has 1 unspecified atom stereocenters. The van der Waals surface area contributed by atoms with Gasteiger partial charge in [0.2, 0.25) is 11.8 Å². The predicted molar refractivity (Wildman–Crippen MR) is 101 cm³/mol. The maximum Gasteiger partial charge on any atom is 0.437 e. The summed E-state index contributed by atoms with van der Waals surface area (Å²) in [5.41, 5.74) is -0.0555. The Morgan fingerprint density at radius 3 is 2.70 bits per heavy atom. The molecule has 2 aromatic heterocycles. The van der Waals surface area contributed by atoms with Crippen LogP contribution in [0.4, 0.5) is 24.5 Å². The summed E-state index contributed by atoms with van der Waals surface area (Å²) >= 11 is 1.24. The largest absolute Gasteiger partial charge is 0.437 e. The quantitative estimate of drug-likeness (QED) is 0.678. The molecule has 8 nitrogen and oxygen atoms in total. The van der Waals surface area contributed by atoms with Crippen molar-refractivity contribution in [1.29, 1.82) is 0 Å². The summed E-state index contributed by atoms with van der Waals surface area (Å²) in [7, 11) is 0. The zero-order valence-corrected chi connectivity index (χ0v) is 15.9. The van der Waals surface area contributed by atoms with E-state index in [0.29, 0.717) is 14.5 Å². The van der Waals surface area contributed by atoms with Crippen LogP contribution in [-0.4, -0.2) is 33.8 Å². The van der Waals surface area contributed by atoms with E-state index in [4.69, 9.17) is 4.42 Å². The molecule has 0 saturated heterocycles. The van der Waals surface area contributed by atoms with Crippen LogP contribution in [0.5, 0.6) is 0 Å². The number of nitrogens with zero attached hydrogens (tertiary/aromatic N) is 3. The number of carbonyl (C=O) groups is 2. The fourth-order valence-corrected chi connectivity index (χ4v) is 3.75. The number of amides is 2. The third-order valence-electron chi connectivity index (χ3n) is 4.40. The van der Waals surface area contributed by atoms with Gasteiger partial charge in [-0.2, -0.15) is 17.9 Å². The second-order valence-electron chi connectivity index (χ2n) is 6.40. The second kappa shape index (κ2) is 7.44. The third kappa shape index (κ3) is 3.73. The van der Waals surface area contributed by atoms with Gasteiger partial charge < -0.3 is 9.73 Å². The SMILES string of the molecule is O=C1CC(C(F)(F)F)N(C(=O)Cn2nc(-c3cccs3)oc2=O)c2ccccc2N1. The van der Waals surface area contributed by atoms with E-state index in [2.05, 4.69) is 10.4 Å². The number of anilines is 2. The lowest BCUT2D eigenvalue weighted by atomic mass is 10.1. The van der Waals surface area contributed by atoms with Crippen molar-refractivity contribution in [2.75, 3.05) is 10.2 Å². The standard InChI is InChI=1S/C18H13F3N4O4S/c19-18(20,21)13-8-14(26)22-10-4-1-2-5-11(10)25(13)15(27)9-24-17(28)29-16(23-24)12-6-3-7-30-12/h1-7,13H,8-9H2,(H,22,26). The minimum Gasteiger partial charge on any atom is -0.387 e. The maximum absolute atomic E-state index is 13.7. The Hall–Kier alpha value is -3.41. The fourth-order valence-electron chi connectivity index (χ4n) is 3.11. The van der Waals surface area contributed by atoms with Crippen LogP contribution in [0.1, 0.15) is 6.42 Å². The number of fused-ring (bicyclic) bond motifs is 1. The average Bonchev–Trinajstić information content (AvgIpc) is 3.28. The topological polar surface area (TPSA) is 97.4 Å². The first-order chi connectivity index (χ1) is 14.2. The van der Waals surface area contributed by atoms with Crippen molar-refractivity contribution < 1.29 is 27.2 Å². The van der Waals surface area contributed by atoms with Gasteiger partial charge in [-0.1, -0.05) is 18.2 Å². The number of alkyl halides is 3. The Kier molecular flexibility index (Phi) is 4.94. The Bertz CT molecular complexity index is 1150. The number of thiophene rings is 1. The van der Waals surface area contributed by atoms with Crippen LogP contribution in [0.15, 0.2) is 51.0 Å². The van der Waals surface area contributed by atoms with Crippen LogP contribution in [0.2, 0.25) is 0 Å². The minimum absolute atomic E-state index is 0.0386. The Morgan fingerprint density at radius 2 is 2.00 bits per heavy atom. The molecule has 3 aromatic rings.